The first-order chi connectivity index (χ1) is 7.51. The summed E-state index contributed by atoms with van der Waals surface area (Å²) in [7, 11) is 6.50. The number of carbonyl (C=O) groups is 1. The van der Waals surface area contributed by atoms with E-state index >= 15 is 0 Å². The molecule has 0 atom stereocenters. The lowest BCUT2D eigenvalue weighted by Gasteiger charge is -2.23. The zero-order chi connectivity index (χ0) is 12.0. The first-order valence-corrected chi connectivity index (χ1v) is 5.50. The van der Waals surface area contributed by atoms with Gasteiger partial charge in [0.25, 0.3) is 0 Å². The number of nitrogens with zero attached hydrogens (tertiary/aromatic N) is 1. The van der Waals surface area contributed by atoms with Gasteiger partial charge in [0.15, 0.2) is 0 Å². The summed E-state index contributed by atoms with van der Waals surface area (Å²) in [6.45, 7) is 1.81. The Hall–Kier alpha value is -1.06. The average molecular weight is 258 g/mol. The molecule has 0 aliphatic rings. The van der Waals surface area contributed by atoms with Gasteiger partial charge in [0.2, 0.25) is 0 Å². The third-order valence-corrected chi connectivity index (χ3v) is 2.26. The number of rotatable bonds is 6. The SMILES string of the molecule is C[N+](C)(C)CCCOc1ccc(C=O)cc1.[Cl-]. The van der Waals surface area contributed by atoms with Crippen LogP contribution in [-0.4, -0.2) is 45.1 Å². The van der Waals surface area contributed by atoms with Crippen LogP contribution in [0.2, 0.25) is 0 Å². The fourth-order valence-corrected chi connectivity index (χ4v) is 1.37. The van der Waals surface area contributed by atoms with Crippen molar-refractivity contribution in [3.05, 3.63) is 29.8 Å². The van der Waals surface area contributed by atoms with Crippen LogP contribution in [0.25, 0.3) is 0 Å². The summed E-state index contributed by atoms with van der Waals surface area (Å²) in [4.78, 5) is 10.4. The van der Waals surface area contributed by atoms with E-state index < -0.39 is 0 Å². The predicted molar refractivity (Wildman–Crippen MR) is 64.8 cm³/mol. The molecule has 0 radical (unpaired) electrons. The second-order valence-electron chi connectivity index (χ2n) is 4.90. The van der Waals surface area contributed by atoms with Crippen molar-refractivity contribution in [1.29, 1.82) is 0 Å². The van der Waals surface area contributed by atoms with Gasteiger partial charge in [-0.05, 0) is 24.3 Å². The van der Waals surface area contributed by atoms with Crippen molar-refractivity contribution in [2.45, 2.75) is 6.42 Å². The van der Waals surface area contributed by atoms with Crippen molar-refractivity contribution in [1.82, 2.24) is 0 Å². The molecule has 4 heteroatoms. The lowest BCUT2D eigenvalue weighted by atomic mass is 10.2. The number of halogens is 1. The number of hydrogen-bond donors (Lipinski definition) is 0. The van der Waals surface area contributed by atoms with Crippen LogP contribution in [0.4, 0.5) is 0 Å². The van der Waals surface area contributed by atoms with E-state index in [1.165, 1.54) is 0 Å². The number of aldehydes is 1. The minimum atomic E-state index is 0. The van der Waals surface area contributed by atoms with E-state index in [0.717, 1.165) is 36.1 Å². The Balaban J connectivity index is 0.00000256. The van der Waals surface area contributed by atoms with Crippen molar-refractivity contribution >= 4 is 6.29 Å². The van der Waals surface area contributed by atoms with Crippen molar-refractivity contribution in [3.8, 4) is 5.75 Å². The molecule has 0 saturated carbocycles. The van der Waals surface area contributed by atoms with Crippen molar-refractivity contribution in [3.63, 3.8) is 0 Å². The van der Waals surface area contributed by atoms with Gasteiger partial charge in [0, 0.05) is 12.0 Å². The molecule has 0 fully saturated rings. The monoisotopic (exact) mass is 257 g/mol. The molecular weight excluding hydrogens is 238 g/mol. The molecule has 1 aromatic rings. The maximum atomic E-state index is 10.4. The molecule has 1 rings (SSSR count). The largest absolute Gasteiger partial charge is 1.00 e. The number of quaternary nitrogens is 1. The van der Waals surface area contributed by atoms with Gasteiger partial charge < -0.3 is 21.6 Å². The Labute approximate surface area is 109 Å². The van der Waals surface area contributed by atoms with Gasteiger partial charge >= 0.3 is 0 Å². The van der Waals surface area contributed by atoms with E-state index in [9.17, 15) is 4.79 Å². The van der Waals surface area contributed by atoms with Gasteiger partial charge in [-0.15, -0.1) is 0 Å². The van der Waals surface area contributed by atoms with Crippen LogP contribution >= 0.6 is 0 Å². The molecule has 3 nitrogen and oxygen atoms in total. The van der Waals surface area contributed by atoms with Crippen molar-refractivity contribution < 1.29 is 26.4 Å². The summed E-state index contributed by atoms with van der Waals surface area (Å²) in [6, 6.07) is 7.19. The minimum Gasteiger partial charge on any atom is -1.00 e. The molecular formula is C13H20ClNO2. The second kappa shape index (κ2) is 7.30. The van der Waals surface area contributed by atoms with Crippen LogP contribution in [0.1, 0.15) is 16.8 Å². The molecule has 0 spiro atoms. The van der Waals surface area contributed by atoms with Gasteiger partial charge in [-0.25, -0.2) is 0 Å². The van der Waals surface area contributed by atoms with Crippen LogP contribution in [-0.2, 0) is 0 Å². The summed E-state index contributed by atoms with van der Waals surface area (Å²) in [5, 5.41) is 0. The molecule has 0 amide bonds. The Morgan fingerprint density at radius 2 is 1.76 bits per heavy atom. The molecule has 0 heterocycles. The quantitative estimate of drug-likeness (QED) is 0.371. The van der Waals surface area contributed by atoms with Gasteiger partial charge in [-0.1, -0.05) is 0 Å². The Morgan fingerprint density at radius 1 is 1.18 bits per heavy atom. The van der Waals surface area contributed by atoms with E-state index in [-0.39, 0.29) is 12.4 Å². The molecule has 0 bridgehead atoms. The number of carbonyl (C=O) groups excluding carboxylic acids is 1. The lowest BCUT2D eigenvalue weighted by molar-refractivity contribution is -0.870. The number of benzene rings is 1. The van der Waals surface area contributed by atoms with Crippen LogP contribution < -0.4 is 17.1 Å². The van der Waals surface area contributed by atoms with Gasteiger partial charge in [-0.3, -0.25) is 4.79 Å². The fourth-order valence-electron chi connectivity index (χ4n) is 1.37. The van der Waals surface area contributed by atoms with Crippen LogP contribution in [0, 0.1) is 0 Å². The zero-order valence-electron chi connectivity index (χ0n) is 10.6. The summed E-state index contributed by atoms with van der Waals surface area (Å²) >= 11 is 0. The first-order valence-electron chi connectivity index (χ1n) is 5.50. The van der Waals surface area contributed by atoms with E-state index in [1.807, 2.05) is 12.1 Å². The molecule has 0 N–H and O–H groups in total. The Morgan fingerprint density at radius 3 is 2.24 bits per heavy atom. The molecule has 1 aromatic carbocycles. The van der Waals surface area contributed by atoms with E-state index in [2.05, 4.69) is 21.1 Å². The molecule has 0 aromatic heterocycles. The van der Waals surface area contributed by atoms with Gasteiger partial charge in [-0.2, -0.15) is 0 Å². The standard InChI is InChI=1S/C13H20NO2.ClH/c1-14(2,3)9-4-10-16-13-7-5-12(11-15)6-8-13;/h5-8,11H,4,9-10H2,1-3H3;1H/q+1;/p-1. The maximum absolute atomic E-state index is 10.4. The number of hydrogen-bond acceptors (Lipinski definition) is 2. The summed E-state index contributed by atoms with van der Waals surface area (Å²) in [5.74, 6) is 0.826. The van der Waals surface area contributed by atoms with Crippen LogP contribution in [0.15, 0.2) is 24.3 Å². The summed E-state index contributed by atoms with van der Waals surface area (Å²) in [5.41, 5.74) is 0.679. The second-order valence-corrected chi connectivity index (χ2v) is 4.90. The van der Waals surface area contributed by atoms with Gasteiger partial charge in [0.05, 0.1) is 34.3 Å². The average Bonchev–Trinajstić information content (AvgIpc) is 2.24. The summed E-state index contributed by atoms with van der Waals surface area (Å²) in [6.07, 6.45) is 1.86. The highest BCUT2D eigenvalue weighted by Crippen LogP contribution is 2.11. The third kappa shape index (κ3) is 6.97. The fraction of sp³-hybridized carbons (Fsp3) is 0.462. The first kappa shape index (κ1) is 15.9. The highest BCUT2D eigenvalue weighted by atomic mass is 35.5. The molecule has 0 saturated heterocycles. The van der Waals surface area contributed by atoms with Gasteiger partial charge in [0.1, 0.15) is 12.0 Å². The van der Waals surface area contributed by atoms with E-state index in [4.69, 9.17) is 4.74 Å². The predicted octanol–water partition coefficient (Wildman–Crippen LogP) is -1.02. The highest BCUT2D eigenvalue weighted by molar-refractivity contribution is 5.74. The van der Waals surface area contributed by atoms with E-state index in [1.54, 1.807) is 12.1 Å². The molecule has 0 unspecified atom stereocenters. The summed E-state index contributed by atoms with van der Waals surface area (Å²) < 4.78 is 6.53. The smallest absolute Gasteiger partial charge is 0.150 e. The normalized spacial score (nSPS) is 10.5. The van der Waals surface area contributed by atoms with Crippen LogP contribution in [0.3, 0.4) is 0 Å². The van der Waals surface area contributed by atoms with Crippen LogP contribution in [0.5, 0.6) is 5.75 Å². The highest BCUT2D eigenvalue weighted by Gasteiger charge is 2.05. The lowest BCUT2D eigenvalue weighted by Crippen LogP contribution is -3.00. The van der Waals surface area contributed by atoms with Crippen molar-refractivity contribution in [2.24, 2.45) is 0 Å². The Kier molecular flexibility index (Phi) is 6.85. The molecule has 0 aliphatic carbocycles. The molecule has 0 aliphatic heterocycles. The minimum absolute atomic E-state index is 0. The third-order valence-electron chi connectivity index (χ3n) is 2.26. The zero-order valence-corrected chi connectivity index (χ0v) is 11.4. The molecule has 17 heavy (non-hydrogen) atoms. The number of ether oxygens (including phenoxy) is 1. The maximum Gasteiger partial charge on any atom is 0.150 e. The Bertz CT molecular complexity index is 330. The topological polar surface area (TPSA) is 26.3 Å². The van der Waals surface area contributed by atoms with Crippen molar-refractivity contribution in [2.75, 3.05) is 34.3 Å². The van der Waals surface area contributed by atoms with E-state index in [0.29, 0.717) is 5.56 Å². The molecule has 96 valence electrons.